The molecule has 1 aromatic carbocycles. The summed E-state index contributed by atoms with van der Waals surface area (Å²) in [6.45, 7) is 0.774. The Hall–Kier alpha value is -2.09. The van der Waals surface area contributed by atoms with Crippen molar-refractivity contribution in [1.82, 2.24) is 0 Å². The van der Waals surface area contributed by atoms with Crippen LogP contribution in [0, 0.1) is 0 Å². The van der Waals surface area contributed by atoms with Gasteiger partial charge in [0.05, 0.1) is 19.8 Å². The predicted octanol–water partition coefficient (Wildman–Crippen LogP) is 1.20. The van der Waals surface area contributed by atoms with Gasteiger partial charge in [0.15, 0.2) is 18.2 Å². The topological polar surface area (TPSA) is 94.5 Å². The van der Waals surface area contributed by atoms with E-state index in [9.17, 15) is 15.0 Å². The lowest BCUT2D eigenvalue weighted by Crippen LogP contribution is -2.31. The maximum Gasteiger partial charge on any atom is 0.377 e. The molecule has 0 radical (unpaired) electrons. The summed E-state index contributed by atoms with van der Waals surface area (Å²) in [4.78, 5) is 11.2. The number of hydrogen-bond donors (Lipinski definition) is 2. The number of carbonyl (C=O) groups is 1. The van der Waals surface area contributed by atoms with E-state index in [2.05, 4.69) is 0 Å². The number of benzene rings is 1. The van der Waals surface area contributed by atoms with Crippen LogP contribution in [-0.2, 0) is 30.3 Å². The molecule has 1 saturated heterocycles. The summed E-state index contributed by atoms with van der Waals surface area (Å²) in [5, 5.41) is 18.9. The van der Waals surface area contributed by atoms with Crippen LogP contribution in [0.4, 0.5) is 0 Å². The van der Waals surface area contributed by atoms with Crippen molar-refractivity contribution in [2.45, 2.75) is 25.1 Å². The van der Waals surface area contributed by atoms with Crippen LogP contribution in [0.25, 0.3) is 0 Å². The van der Waals surface area contributed by atoms with Crippen LogP contribution in [0.1, 0.15) is 5.56 Å². The third-order valence-electron chi connectivity index (χ3n) is 3.42. The maximum atomic E-state index is 11.2. The third kappa shape index (κ3) is 3.06. The Morgan fingerprint density at radius 3 is 2.68 bits per heavy atom. The van der Waals surface area contributed by atoms with Gasteiger partial charge in [-0.25, -0.2) is 4.79 Å². The third-order valence-corrected chi connectivity index (χ3v) is 3.42. The van der Waals surface area contributed by atoms with Gasteiger partial charge in [-0.1, -0.05) is 30.3 Å². The fourth-order valence-electron chi connectivity index (χ4n) is 2.29. The molecule has 0 amide bonds. The molecule has 3 rings (SSSR count). The average molecular weight is 308 g/mol. The summed E-state index contributed by atoms with van der Waals surface area (Å²) >= 11 is 0. The minimum absolute atomic E-state index is 0.134. The highest BCUT2D eigenvalue weighted by atomic mass is 16.7. The minimum Gasteiger partial charge on any atom is -0.505 e. The van der Waals surface area contributed by atoms with Crippen molar-refractivity contribution >= 4 is 5.97 Å². The molecule has 1 fully saturated rings. The maximum absolute atomic E-state index is 11.2. The number of aliphatic hydroxyl groups excluding tert-OH is 2. The van der Waals surface area contributed by atoms with Crippen molar-refractivity contribution in [1.29, 1.82) is 0 Å². The van der Waals surface area contributed by atoms with Gasteiger partial charge < -0.3 is 29.2 Å². The monoisotopic (exact) mass is 308 g/mol. The second-order valence-corrected chi connectivity index (χ2v) is 5.00. The lowest BCUT2D eigenvalue weighted by Gasteiger charge is -2.16. The Labute approximate surface area is 126 Å². The number of hydrogen-bond acceptors (Lipinski definition) is 7. The normalized spacial score (nSPS) is 28.2. The zero-order chi connectivity index (χ0) is 15.5. The molecule has 1 aromatic rings. The van der Waals surface area contributed by atoms with E-state index in [1.807, 2.05) is 30.3 Å². The molecule has 1 unspecified atom stereocenters. The first kappa shape index (κ1) is 14.8. The number of rotatable bonds is 5. The highest BCUT2D eigenvalue weighted by molar-refractivity contribution is 5.89. The van der Waals surface area contributed by atoms with Crippen LogP contribution in [-0.4, -0.2) is 47.9 Å². The second-order valence-electron chi connectivity index (χ2n) is 5.00. The lowest BCUT2D eigenvalue weighted by atomic mass is 10.2. The van der Waals surface area contributed by atoms with Crippen LogP contribution in [0.5, 0.6) is 0 Å². The molecule has 0 aliphatic carbocycles. The van der Waals surface area contributed by atoms with Crippen LogP contribution in [0.2, 0.25) is 0 Å². The van der Waals surface area contributed by atoms with Crippen LogP contribution >= 0.6 is 0 Å². The van der Waals surface area contributed by atoms with E-state index >= 15 is 0 Å². The van der Waals surface area contributed by atoms with Gasteiger partial charge in [0.25, 0.3) is 0 Å². The number of ether oxygens (including phenoxy) is 4. The fourth-order valence-corrected chi connectivity index (χ4v) is 2.29. The van der Waals surface area contributed by atoms with E-state index in [0.29, 0.717) is 6.61 Å². The minimum atomic E-state index is -1.04. The summed E-state index contributed by atoms with van der Waals surface area (Å²) < 4.78 is 21.2. The molecular formula is C15H16O7. The molecule has 22 heavy (non-hydrogen) atoms. The molecule has 0 bridgehead atoms. The van der Waals surface area contributed by atoms with Gasteiger partial charge in [-0.05, 0) is 5.56 Å². The van der Waals surface area contributed by atoms with E-state index in [4.69, 9.17) is 18.9 Å². The molecule has 2 aliphatic heterocycles. The molecule has 7 heteroatoms. The van der Waals surface area contributed by atoms with Crippen molar-refractivity contribution < 1.29 is 34.0 Å². The highest BCUT2D eigenvalue weighted by Crippen LogP contribution is 2.27. The largest absolute Gasteiger partial charge is 0.505 e. The Bertz CT molecular complexity index is 569. The number of aliphatic hydroxyl groups is 2. The van der Waals surface area contributed by atoms with E-state index in [1.54, 1.807) is 0 Å². The van der Waals surface area contributed by atoms with Crippen molar-refractivity contribution in [2.75, 3.05) is 13.2 Å². The van der Waals surface area contributed by atoms with Crippen molar-refractivity contribution in [3.63, 3.8) is 0 Å². The van der Waals surface area contributed by atoms with Gasteiger partial charge in [0.2, 0.25) is 5.76 Å². The molecule has 0 aromatic heterocycles. The lowest BCUT2D eigenvalue weighted by molar-refractivity contribution is -0.152. The van der Waals surface area contributed by atoms with Crippen molar-refractivity contribution in [3.8, 4) is 0 Å². The van der Waals surface area contributed by atoms with Gasteiger partial charge >= 0.3 is 5.97 Å². The summed E-state index contributed by atoms with van der Waals surface area (Å²) in [7, 11) is 0. The Morgan fingerprint density at radius 2 is 2.00 bits per heavy atom. The molecule has 2 heterocycles. The average Bonchev–Trinajstić information content (AvgIpc) is 3.09. The fraction of sp³-hybridized carbons (Fsp3) is 0.400. The molecule has 2 aliphatic rings. The molecule has 0 saturated carbocycles. The molecular weight excluding hydrogens is 292 g/mol. The molecule has 2 N–H and O–H groups in total. The van der Waals surface area contributed by atoms with Crippen molar-refractivity contribution in [3.05, 3.63) is 47.4 Å². The summed E-state index contributed by atoms with van der Waals surface area (Å²) in [6.07, 6.45) is -2.31. The first-order valence-electron chi connectivity index (χ1n) is 6.87. The number of cyclic esters (lactones) is 1. The molecule has 3 atom stereocenters. The standard InChI is InChI=1S/C15H16O7/c16-12-13(17)15(18)22-14(12)10-7-20-11(21-10)8-19-6-9-4-2-1-3-5-9/h1-5,10-11,14,16-17H,6-8H2/t10-,11?,14-/m0/s1. The Kier molecular flexibility index (Phi) is 4.28. The first-order valence-corrected chi connectivity index (χ1v) is 6.87. The summed E-state index contributed by atoms with van der Waals surface area (Å²) in [5.41, 5.74) is 1.03. The van der Waals surface area contributed by atoms with E-state index in [0.717, 1.165) is 5.56 Å². The highest BCUT2D eigenvalue weighted by Gasteiger charge is 2.44. The van der Waals surface area contributed by atoms with E-state index in [-0.39, 0.29) is 13.2 Å². The summed E-state index contributed by atoms with van der Waals surface area (Å²) in [5.74, 6) is -2.27. The quantitative estimate of drug-likeness (QED) is 0.789. The van der Waals surface area contributed by atoms with Gasteiger partial charge in [-0.3, -0.25) is 0 Å². The first-order chi connectivity index (χ1) is 10.6. The van der Waals surface area contributed by atoms with Gasteiger partial charge in [0.1, 0.15) is 6.10 Å². The molecule has 7 nitrogen and oxygen atoms in total. The van der Waals surface area contributed by atoms with Gasteiger partial charge in [-0.15, -0.1) is 0 Å². The summed E-state index contributed by atoms with van der Waals surface area (Å²) in [6, 6.07) is 9.67. The Morgan fingerprint density at radius 1 is 1.23 bits per heavy atom. The number of esters is 1. The van der Waals surface area contributed by atoms with E-state index < -0.39 is 36.0 Å². The SMILES string of the molecule is O=C1O[C@@H]([C@@H]2COC(COCc3ccccc3)O2)C(O)=C1O. The smallest absolute Gasteiger partial charge is 0.377 e. The van der Waals surface area contributed by atoms with Gasteiger partial charge in [-0.2, -0.15) is 0 Å². The van der Waals surface area contributed by atoms with Crippen LogP contribution in [0.3, 0.4) is 0 Å². The molecule has 118 valence electrons. The van der Waals surface area contributed by atoms with Crippen LogP contribution in [0.15, 0.2) is 41.9 Å². The Balaban J connectivity index is 1.46. The van der Waals surface area contributed by atoms with E-state index in [1.165, 1.54) is 0 Å². The zero-order valence-electron chi connectivity index (χ0n) is 11.7. The van der Waals surface area contributed by atoms with Crippen LogP contribution < -0.4 is 0 Å². The number of carbonyl (C=O) groups excluding carboxylic acids is 1. The van der Waals surface area contributed by atoms with Gasteiger partial charge in [0, 0.05) is 0 Å². The zero-order valence-corrected chi connectivity index (χ0v) is 11.7. The van der Waals surface area contributed by atoms with Crippen molar-refractivity contribution in [2.24, 2.45) is 0 Å². The second kappa shape index (κ2) is 6.35. The molecule has 0 spiro atoms. The predicted molar refractivity (Wildman–Crippen MR) is 72.9 cm³/mol.